The van der Waals surface area contributed by atoms with Crippen LogP contribution < -0.4 is 10.5 Å². The minimum atomic E-state index is -0.582. The van der Waals surface area contributed by atoms with Gasteiger partial charge in [-0.3, -0.25) is 10.1 Å². The highest BCUT2D eigenvalue weighted by Gasteiger charge is 2.17. The molecule has 33 heavy (non-hydrogen) atoms. The van der Waals surface area contributed by atoms with Crippen molar-refractivity contribution in [1.29, 1.82) is 0 Å². The molecule has 0 aliphatic rings. The van der Waals surface area contributed by atoms with Crippen molar-refractivity contribution in [3.8, 4) is 11.5 Å². The molecule has 0 radical (unpaired) electrons. The summed E-state index contributed by atoms with van der Waals surface area (Å²) in [6, 6.07) is 10.2. The first-order valence-electron chi connectivity index (χ1n) is 9.72. The van der Waals surface area contributed by atoms with E-state index in [9.17, 15) is 14.9 Å². The molecule has 0 amide bonds. The largest absolute Gasteiger partial charge is 0.462 e. The van der Waals surface area contributed by atoms with Gasteiger partial charge in [0.15, 0.2) is 11.5 Å². The summed E-state index contributed by atoms with van der Waals surface area (Å²) in [6.07, 6.45) is 3.53. The van der Waals surface area contributed by atoms with Crippen molar-refractivity contribution in [1.82, 2.24) is 19.5 Å². The Morgan fingerprint density at radius 3 is 2.70 bits per heavy atom. The summed E-state index contributed by atoms with van der Waals surface area (Å²) in [5, 5.41) is 11.4. The molecule has 0 saturated heterocycles. The second-order valence-electron chi connectivity index (χ2n) is 6.85. The van der Waals surface area contributed by atoms with Gasteiger partial charge in [-0.05, 0) is 42.8 Å². The summed E-state index contributed by atoms with van der Waals surface area (Å²) < 4.78 is 12.7. The lowest BCUT2D eigenvalue weighted by Crippen LogP contribution is -2.09. The number of halogens is 1. The van der Waals surface area contributed by atoms with Gasteiger partial charge in [0, 0.05) is 17.6 Å². The Bertz CT molecular complexity index is 1320. The number of ether oxygens (including phenoxy) is 2. The molecule has 0 aliphatic carbocycles. The van der Waals surface area contributed by atoms with Gasteiger partial charge in [-0.2, -0.15) is 0 Å². The molecule has 0 saturated carbocycles. The average Bonchev–Trinajstić information content (AvgIpc) is 3.22. The Morgan fingerprint density at radius 2 is 1.94 bits per heavy atom. The van der Waals surface area contributed by atoms with Crippen LogP contribution in [0.3, 0.4) is 0 Å². The van der Waals surface area contributed by atoms with Crippen LogP contribution >= 0.6 is 11.6 Å². The van der Waals surface area contributed by atoms with Gasteiger partial charge in [-0.1, -0.05) is 11.6 Å². The van der Waals surface area contributed by atoms with Crippen molar-refractivity contribution in [2.45, 2.75) is 13.0 Å². The van der Waals surface area contributed by atoms with E-state index in [0.717, 1.165) is 0 Å². The highest BCUT2D eigenvalue weighted by molar-refractivity contribution is 6.30. The fourth-order valence-corrected chi connectivity index (χ4v) is 3.22. The average molecular weight is 469 g/mol. The normalized spacial score (nSPS) is 10.8. The lowest BCUT2D eigenvalue weighted by Gasteiger charge is -2.08. The molecular formula is C21H17ClN6O5. The smallest absolute Gasteiger partial charge is 0.338 e. The zero-order chi connectivity index (χ0) is 23.4. The second kappa shape index (κ2) is 9.49. The standard InChI is InChI=1S/C21H17ClN6O5/c22-14-4-7-17(16(10-14)28(30)31)33-15-5-2-13(3-6-15)21(29)32-9-1-8-27-12-26-18-19(23)24-11-25-20(18)27/h2-7,10-12H,1,8-9H2,(H2,23,24,25). The number of aromatic nitrogens is 4. The van der Waals surface area contributed by atoms with Crippen LogP contribution in [0.5, 0.6) is 11.5 Å². The first-order chi connectivity index (χ1) is 15.9. The van der Waals surface area contributed by atoms with Crippen LogP contribution in [-0.4, -0.2) is 37.0 Å². The lowest BCUT2D eigenvalue weighted by atomic mass is 10.2. The minimum absolute atomic E-state index is 0.0405. The minimum Gasteiger partial charge on any atom is -0.462 e. The maximum Gasteiger partial charge on any atom is 0.338 e. The van der Waals surface area contributed by atoms with Crippen LogP contribution in [0, 0.1) is 10.1 Å². The van der Waals surface area contributed by atoms with Crippen LogP contribution in [0.15, 0.2) is 55.1 Å². The molecule has 0 fully saturated rings. The SMILES string of the molecule is Nc1ncnc2c1ncn2CCCOC(=O)c1ccc(Oc2ccc(Cl)cc2[N+](=O)[O-])cc1. The van der Waals surface area contributed by atoms with Crippen molar-refractivity contribution in [2.75, 3.05) is 12.3 Å². The number of carbonyl (C=O) groups excluding carboxylic acids is 1. The van der Waals surface area contributed by atoms with Crippen molar-refractivity contribution >= 4 is 40.2 Å². The molecule has 0 spiro atoms. The van der Waals surface area contributed by atoms with Gasteiger partial charge < -0.3 is 19.8 Å². The van der Waals surface area contributed by atoms with Crippen LogP contribution in [0.2, 0.25) is 5.02 Å². The molecular weight excluding hydrogens is 452 g/mol. The number of nitro benzene ring substituents is 1. The van der Waals surface area contributed by atoms with Crippen molar-refractivity contribution in [3.63, 3.8) is 0 Å². The summed E-state index contributed by atoms with van der Waals surface area (Å²) in [6.45, 7) is 0.723. The monoisotopic (exact) mass is 468 g/mol. The van der Waals surface area contributed by atoms with Gasteiger partial charge in [0.05, 0.1) is 23.4 Å². The van der Waals surface area contributed by atoms with E-state index in [4.69, 9.17) is 26.8 Å². The highest BCUT2D eigenvalue weighted by atomic mass is 35.5. The molecule has 4 rings (SSSR count). The Labute approximate surface area is 191 Å². The predicted octanol–water partition coefficient (Wildman–Crippen LogP) is 4.01. The van der Waals surface area contributed by atoms with E-state index in [2.05, 4.69) is 15.0 Å². The van der Waals surface area contributed by atoms with E-state index >= 15 is 0 Å². The number of fused-ring (bicyclic) bond motifs is 1. The number of nitrogen functional groups attached to an aromatic ring is 1. The zero-order valence-corrected chi connectivity index (χ0v) is 17.8. The Hall–Kier alpha value is -4.25. The van der Waals surface area contributed by atoms with Gasteiger partial charge in [-0.15, -0.1) is 0 Å². The zero-order valence-electron chi connectivity index (χ0n) is 17.1. The number of imidazole rings is 1. The quantitative estimate of drug-likeness (QED) is 0.175. The fraction of sp³-hybridized carbons (Fsp3) is 0.143. The number of aryl methyl sites for hydroxylation is 1. The Kier molecular flexibility index (Phi) is 6.31. The molecule has 4 aromatic rings. The van der Waals surface area contributed by atoms with Gasteiger partial charge in [-0.25, -0.2) is 19.7 Å². The van der Waals surface area contributed by atoms with E-state index < -0.39 is 10.9 Å². The molecule has 12 heteroatoms. The van der Waals surface area contributed by atoms with E-state index in [1.165, 1.54) is 48.8 Å². The third-order valence-corrected chi connectivity index (χ3v) is 4.88. The number of carbonyl (C=O) groups is 1. The molecule has 168 valence electrons. The molecule has 2 heterocycles. The number of nitrogens with zero attached hydrogens (tertiary/aromatic N) is 5. The number of hydrogen-bond donors (Lipinski definition) is 1. The molecule has 2 N–H and O–H groups in total. The number of hydrogen-bond acceptors (Lipinski definition) is 9. The summed E-state index contributed by atoms with van der Waals surface area (Å²) in [5.74, 6) is 0.174. The molecule has 0 unspecified atom stereocenters. The van der Waals surface area contributed by atoms with E-state index in [1.54, 1.807) is 6.33 Å². The number of benzene rings is 2. The predicted molar refractivity (Wildman–Crippen MR) is 119 cm³/mol. The van der Waals surface area contributed by atoms with E-state index in [0.29, 0.717) is 41.3 Å². The number of nitro groups is 1. The first kappa shape index (κ1) is 22.0. The molecule has 11 nitrogen and oxygen atoms in total. The summed E-state index contributed by atoms with van der Waals surface area (Å²) >= 11 is 5.81. The van der Waals surface area contributed by atoms with Crippen molar-refractivity contribution in [3.05, 3.63) is 75.8 Å². The van der Waals surface area contributed by atoms with E-state index in [-0.39, 0.29) is 23.1 Å². The number of nitrogens with two attached hydrogens (primary N) is 1. The van der Waals surface area contributed by atoms with Gasteiger partial charge in [0.1, 0.15) is 17.6 Å². The van der Waals surface area contributed by atoms with Crippen LogP contribution in [0.1, 0.15) is 16.8 Å². The van der Waals surface area contributed by atoms with Gasteiger partial charge >= 0.3 is 11.7 Å². The number of rotatable bonds is 8. The Balaban J connectivity index is 1.31. The fourth-order valence-electron chi connectivity index (χ4n) is 3.05. The van der Waals surface area contributed by atoms with Crippen LogP contribution in [0.25, 0.3) is 11.2 Å². The second-order valence-corrected chi connectivity index (χ2v) is 7.29. The van der Waals surface area contributed by atoms with Crippen LogP contribution in [0.4, 0.5) is 11.5 Å². The van der Waals surface area contributed by atoms with Crippen molar-refractivity contribution < 1.29 is 19.2 Å². The van der Waals surface area contributed by atoms with Gasteiger partial charge in [0.25, 0.3) is 0 Å². The van der Waals surface area contributed by atoms with Gasteiger partial charge in [0.2, 0.25) is 5.75 Å². The number of anilines is 1. The Morgan fingerprint density at radius 1 is 1.15 bits per heavy atom. The maximum absolute atomic E-state index is 12.3. The molecule has 2 aromatic carbocycles. The molecule has 0 bridgehead atoms. The third-order valence-electron chi connectivity index (χ3n) is 4.64. The highest BCUT2D eigenvalue weighted by Crippen LogP contribution is 2.33. The summed E-state index contributed by atoms with van der Waals surface area (Å²) in [7, 11) is 0. The molecule has 2 aromatic heterocycles. The van der Waals surface area contributed by atoms with Crippen LogP contribution in [-0.2, 0) is 11.3 Å². The van der Waals surface area contributed by atoms with E-state index in [1.807, 2.05) is 4.57 Å². The lowest BCUT2D eigenvalue weighted by molar-refractivity contribution is -0.385. The first-order valence-corrected chi connectivity index (χ1v) is 10.1. The molecule has 0 atom stereocenters. The topological polar surface area (TPSA) is 148 Å². The summed E-state index contributed by atoms with van der Waals surface area (Å²) in [5.41, 5.74) is 6.98. The third kappa shape index (κ3) is 4.99. The van der Waals surface area contributed by atoms with Crippen molar-refractivity contribution in [2.24, 2.45) is 0 Å². The molecule has 0 aliphatic heterocycles. The number of esters is 1. The maximum atomic E-state index is 12.3. The summed E-state index contributed by atoms with van der Waals surface area (Å²) in [4.78, 5) is 35.1.